The van der Waals surface area contributed by atoms with Gasteiger partial charge in [-0.2, -0.15) is 0 Å². The number of halogens is 1. The first-order chi connectivity index (χ1) is 8.45. The smallest absolute Gasteiger partial charge is 0.268 e. The number of methoxy groups -OCH3 is 1. The number of fused-ring (bicyclic) bond motifs is 1. The van der Waals surface area contributed by atoms with Crippen LogP contribution in [0.1, 0.15) is 6.42 Å². The lowest BCUT2D eigenvalue weighted by Gasteiger charge is -2.20. The van der Waals surface area contributed by atoms with Crippen LogP contribution in [0.2, 0.25) is 0 Å². The summed E-state index contributed by atoms with van der Waals surface area (Å²) < 4.78 is 34.0. The van der Waals surface area contributed by atoms with Crippen LogP contribution in [-0.2, 0) is 9.05 Å². The number of benzene rings is 1. The van der Waals surface area contributed by atoms with Crippen molar-refractivity contribution in [3.05, 3.63) is 12.1 Å². The Hall–Kier alpha value is -1.14. The first-order valence-electron chi connectivity index (χ1n) is 5.44. The van der Waals surface area contributed by atoms with E-state index < -0.39 is 9.05 Å². The van der Waals surface area contributed by atoms with Crippen LogP contribution >= 0.6 is 10.7 Å². The van der Waals surface area contributed by atoms with Gasteiger partial charge in [0.25, 0.3) is 9.05 Å². The molecule has 0 unspecified atom stereocenters. The zero-order chi connectivity index (χ0) is 13.3. The Morgan fingerprint density at radius 3 is 2.78 bits per heavy atom. The highest BCUT2D eigenvalue weighted by atomic mass is 35.7. The normalized spacial score (nSPS) is 15.6. The van der Waals surface area contributed by atoms with Gasteiger partial charge >= 0.3 is 0 Å². The van der Waals surface area contributed by atoms with Gasteiger partial charge in [0, 0.05) is 24.3 Å². The Kier molecular flexibility index (Phi) is 3.59. The standard InChI is InChI=1S/C11H14ClNO4S/c1-13-6-3-7-17-10-8(13)4-5-9(16-2)11(10)18(12,14)15/h4-5H,3,6-7H2,1-2H3. The van der Waals surface area contributed by atoms with E-state index >= 15 is 0 Å². The average Bonchev–Trinajstić information content (AvgIpc) is 2.49. The van der Waals surface area contributed by atoms with Crippen LogP contribution in [0.15, 0.2) is 17.0 Å². The van der Waals surface area contributed by atoms with Gasteiger partial charge in [-0.1, -0.05) is 0 Å². The summed E-state index contributed by atoms with van der Waals surface area (Å²) in [5.41, 5.74) is 0.701. The van der Waals surface area contributed by atoms with Gasteiger partial charge in [-0.3, -0.25) is 0 Å². The highest BCUT2D eigenvalue weighted by molar-refractivity contribution is 8.14. The van der Waals surface area contributed by atoms with Crippen LogP contribution < -0.4 is 14.4 Å². The van der Waals surface area contributed by atoms with E-state index in [-0.39, 0.29) is 16.4 Å². The molecule has 0 aliphatic carbocycles. The molecule has 2 rings (SSSR count). The topological polar surface area (TPSA) is 55.8 Å². The van der Waals surface area contributed by atoms with Gasteiger partial charge in [0.2, 0.25) is 0 Å². The minimum Gasteiger partial charge on any atom is -0.495 e. The van der Waals surface area contributed by atoms with Gasteiger partial charge < -0.3 is 14.4 Å². The lowest BCUT2D eigenvalue weighted by atomic mass is 10.2. The number of nitrogens with zero attached hydrogens (tertiary/aromatic N) is 1. The van der Waals surface area contributed by atoms with Crippen LogP contribution in [0, 0.1) is 0 Å². The molecule has 1 aromatic carbocycles. The molecule has 7 heteroatoms. The van der Waals surface area contributed by atoms with Crippen molar-refractivity contribution >= 4 is 25.4 Å². The molecule has 1 aliphatic rings. The molecule has 18 heavy (non-hydrogen) atoms. The van der Waals surface area contributed by atoms with Crippen LogP contribution in [0.4, 0.5) is 5.69 Å². The van der Waals surface area contributed by atoms with Crippen molar-refractivity contribution in [2.24, 2.45) is 0 Å². The second-order valence-electron chi connectivity index (χ2n) is 4.01. The molecule has 1 aromatic rings. The van der Waals surface area contributed by atoms with E-state index in [0.29, 0.717) is 12.3 Å². The third-order valence-electron chi connectivity index (χ3n) is 2.81. The summed E-state index contributed by atoms with van der Waals surface area (Å²) in [6.07, 6.45) is 0.815. The molecule has 100 valence electrons. The van der Waals surface area contributed by atoms with E-state index in [4.69, 9.17) is 20.2 Å². The van der Waals surface area contributed by atoms with E-state index in [1.165, 1.54) is 7.11 Å². The summed E-state index contributed by atoms with van der Waals surface area (Å²) in [6.45, 7) is 1.24. The monoisotopic (exact) mass is 291 g/mol. The Labute approximate surface area is 111 Å². The molecule has 0 spiro atoms. The van der Waals surface area contributed by atoms with Crippen LogP contribution in [-0.4, -0.2) is 35.7 Å². The summed E-state index contributed by atoms with van der Waals surface area (Å²) in [5, 5.41) is 0. The lowest BCUT2D eigenvalue weighted by Crippen LogP contribution is -2.17. The third kappa shape index (κ3) is 2.35. The molecule has 5 nitrogen and oxygen atoms in total. The predicted molar refractivity (Wildman–Crippen MR) is 69.4 cm³/mol. The zero-order valence-corrected chi connectivity index (χ0v) is 11.7. The van der Waals surface area contributed by atoms with Crippen molar-refractivity contribution in [2.75, 3.05) is 32.2 Å². The van der Waals surface area contributed by atoms with Gasteiger partial charge in [-0.05, 0) is 18.6 Å². The minimum atomic E-state index is -3.93. The van der Waals surface area contributed by atoms with Gasteiger partial charge in [0.05, 0.1) is 19.4 Å². The zero-order valence-electron chi connectivity index (χ0n) is 10.1. The molecule has 0 radical (unpaired) electrons. The summed E-state index contributed by atoms with van der Waals surface area (Å²) >= 11 is 0. The van der Waals surface area contributed by atoms with Crippen molar-refractivity contribution in [3.63, 3.8) is 0 Å². The van der Waals surface area contributed by atoms with E-state index in [2.05, 4.69) is 0 Å². The van der Waals surface area contributed by atoms with Crippen molar-refractivity contribution in [3.8, 4) is 11.5 Å². The van der Waals surface area contributed by atoms with Crippen molar-refractivity contribution < 1.29 is 17.9 Å². The Balaban J connectivity index is 2.72. The lowest BCUT2D eigenvalue weighted by molar-refractivity contribution is 0.309. The molecule has 1 heterocycles. The van der Waals surface area contributed by atoms with Gasteiger partial charge in [0.1, 0.15) is 5.75 Å². The number of hydrogen-bond acceptors (Lipinski definition) is 5. The number of ether oxygens (including phenoxy) is 2. The van der Waals surface area contributed by atoms with Crippen LogP contribution in [0.3, 0.4) is 0 Å². The third-order valence-corrected chi connectivity index (χ3v) is 4.15. The average molecular weight is 292 g/mol. The van der Waals surface area contributed by atoms with Gasteiger partial charge in [0.15, 0.2) is 10.6 Å². The second kappa shape index (κ2) is 4.85. The van der Waals surface area contributed by atoms with Crippen molar-refractivity contribution in [2.45, 2.75) is 11.3 Å². The minimum absolute atomic E-state index is 0.0992. The number of hydrogen-bond donors (Lipinski definition) is 0. The maximum Gasteiger partial charge on any atom is 0.268 e. The Bertz CT molecular complexity index is 558. The Morgan fingerprint density at radius 1 is 1.44 bits per heavy atom. The molecule has 1 aliphatic heterocycles. The van der Waals surface area contributed by atoms with Gasteiger partial charge in [-0.25, -0.2) is 8.42 Å². The summed E-state index contributed by atoms with van der Waals surface area (Å²) in [4.78, 5) is 1.84. The summed E-state index contributed by atoms with van der Waals surface area (Å²) in [5.74, 6) is 0.461. The Morgan fingerprint density at radius 2 is 2.17 bits per heavy atom. The number of rotatable bonds is 2. The maximum absolute atomic E-state index is 11.7. The van der Waals surface area contributed by atoms with E-state index in [0.717, 1.165) is 13.0 Å². The fourth-order valence-corrected chi connectivity index (χ4v) is 3.18. The fraction of sp³-hybridized carbons (Fsp3) is 0.455. The summed E-state index contributed by atoms with van der Waals surface area (Å²) in [7, 11) is 4.82. The molecule has 0 bridgehead atoms. The molecule has 0 saturated carbocycles. The largest absolute Gasteiger partial charge is 0.495 e. The van der Waals surface area contributed by atoms with Crippen LogP contribution in [0.25, 0.3) is 0 Å². The maximum atomic E-state index is 11.7. The quantitative estimate of drug-likeness (QED) is 0.778. The molecule has 0 N–H and O–H groups in total. The molecular weight excluding hydrogens is 278 g/mol. The molecule has 0 saturated heterocycles. The predicted octanol–water partition coefficient (Wildman–Crippen LogP) is 1.84. The van der Waals surface area contributed by atoms with E-state index in [1.807, 2.05) is 11.9 Å². The molecular formula is C11H14ClNO4S. The highest BCUT2D eigenvalue weighted by Gasteiger charge is 2.28. The summed E-state index contributed by atoms with van der Waals surface area (Å²) in [6, 6.07) is 3.35. The first-order valence-corrected chi connectivity index (χ1v) is 7.75. The van der Waals surface area contributed by atoms with Crippen LogP contribution in [0.5, 0.6) is 11.5 Å². The second-order valence-corrected chi connectivity index (χ2v) is 6.51. The van der Waals surface area contributed by atoms with Crippen molar-refractivity contribution in [1.29, 1.82) is 0 Å². The molecule has 0 amide bonds. The molecule has 0 fully saturated rings. The highest BCUT2D eigenvalue weighted by Crippen LogP contribution is 2.43. The SMILES string of the molecule is COc1ccc2c(c1S(=O)(=O)Cl)OCCCN2C. The van der Waals surface area contributed by atoms with Gasteiger partial charge in [-0.15, -0.1) is 0 Å². The van der Waals surface area contributed by atoms with E-state index in [1.54, 1.807) is 12.1 Å². The fourth-order valence-electron chi connectivity index (χ4n) is 1.96. The molecule has 0 atom stereocenters. The van der Waals surface area contributed by atoms with Crippen molar-refractivity contribution in [1.82, 2.24) is 0 Å². The van der Waals surface area contributed by atoms with E-state index in [9.17, 15) is 8.42 Å². The number of anilines is 1. The molecule has 0 aromatic heterocycles. The first kappa shape index (κ1) is 13.3.